The Kier molecular flexibility index (Phi) is 3.37. The topological polar surface area (TPSA) is 12.5 Å². The first-order valence-electron chi connectivity index (χ1n) is 0.744. The molecule has 1 fully saturated rings. The summed E-state index contributed by atoms with van der Waals surface area (Å²) in [4.78, 5) is 0. The molecule has 0 bridgehead atoms. The van der Waals surface area contributed by atoms with Crippen molar-refractivity contribution in [2.45, 2.75) is 0 Å². The molecule has 20 valence electrons. The Balaban J connectivity index is 0. The zero-order chi connectivity index (χ0) is 2.12. The Morgan fingerprint density at radius 2 is 2.25 bits per heavy atom. The van der Waals surface area contributed by atoms with Crippen molar-refractivity contribution in [2.24, 2.45) is 0 Å². The molecular weight excluding hydrogens is 83.1 g/mol. The zero-order valence-electron chi connectivity index (χ0n) is 3.52. The molecule has 1 aliphatic heterocycles. The molecule has 4 heavy (non-hydrogen) atoms. The van der Waals surface area contributed by atoms with Crippen LogP contribution in [0, 0.1) is 0 Å². The van der Waals surface area contributed by atoms with Gasteiger partial charge in [-0.25, -0.2) is 0 Å². The summed E-state index contributed by atoms with van der Waals surface area (Å²) in [6.45, 7) is 0. The summed E-state index contributed by atoms with van der Waals surface area (Å²) in [7, 11) is 0. The van der Waals surface area contributed by atoms with E-state index in [1.807, 2.05) is 0 Å². The van der Waals surface area contributed by atoms with Crippen LogP contribution in [0.3, 0.4) is 0 Å². The van der Waals surface area contributed by atoms with Crippen LogP contribution in [0.15, 0.2) is 0 Å². The van der Waals surface area contributed by atoms with E-state index in [9.17, 15) is 0 Å². The van der Waals surface area contributed by atoms with Gasteiger partial charge in [0, 0.05) is 12.0 Å². The van der Waals surface area contributed by atoms with E-state index in [4.69, 9.17) is 0 Å². The molecule has 1 nitrogen and oxygen atoms in total. The van der Waals surface area contributed by atoms with Crippen LogP contribution in [-0.2, 0) is 4.18 Å². The van der Waals surface area contributed by atoms with Crippen molar-refractivity contribution in [3.05, 3.63) is 0 Å². The molecule has 0 aromatic carbocycles. The summed E-state index contributed by atoms with van der Waals surface area (Å²) in [5.74, 6) is 0.917. The van der Waals surface area contributed by atoms with Crippen LogP contribution in [-0.4, -0.2) is 5.94 Å². The van der Waals surface area contributed by atoms with E-state index in [2.05, 4.69) is 4.18 Å². The molecule has 1 aliphatic rings. The molecule has 0 unspecified atom stereocenters. The van der Waals surface area contributed by atoms with Gasteiger partial charge < -0.3 is 1.43 Å². The molecular formula is CH3NaOS. The summed E-state index contributed by atoms with van der Waals surface area (Å²) >= 11 is 1.50. The number of hydrogen-bond acceptors (Lipinski definition) is 2. The van der Waals surface area contributed by atoms with Gasteiger partial charge in [-0.2, -0.15) is 0 Å². The van der Waals surface area contributed by atoms with Gasteiger partial charge >= 0.3 is 29.6 Å². The van der Waals surface area contributed by atoms with Gasteiger partial charge in [0.05, 0.1) is 0 Å². The maximum atomic E-state index is 4.42. The van der Waals surface area contributed by atoms with Crippen molar-refractivity contribution in [1.29, 1.82) is 0 Å². The summed E-state index contributed by atoms with van der Waals surface area (Å²) in [6.07, 6.45) is 0. The van der Waals surface area contributed by atoms with E-state index in [1.54, 1.807) is 0 Å². The first kappa shape index (κ1) is 5.31. The van der Waals surface area contributed by atoms with Crippen LogP contribution >= 0.6 is 12.0 Å². The molecule has 3 heteroatoms. The van der Waals surface area contributed by atoms with Gasteiger partial charge in [-0.1, -0.05) is 0 Å². The third kappa shape index (κ3) is 3.31. The molecule has 0 radical (unpaired) electrons. The first-order chi connectivity index (χ1) is 1.50. The molecule has 0 spiro atoms. The fourth-order valence-corrected chi connectivity index (χ4v) is 0. The minimum absolute atomic E-state index is 0. The second kappa shape index (κ2) is 2.54. The van der Waals surface area contributed by atoms with Crippen molar-refractivity contribution in [3.63, 3.8) is 0 Å². The van der Waals surface area contributed by atoms with Gasteiger partial charge in [-0.3, -0.25) is 4.18 Å². The van der Waals surface area contributed by atoms with E-state index in [0.717, 1.165) is 5.94 Å². The Bertz CT molecular complexity index is 16.4. The maximum Gasteiger partial charge on any atom is 1.00 e. The summed E-state index contributed by atoms with van der Waals surface area (Å²) < 4.78 is 4.42. The predicted molar refractivity (Wildman–Crippen MR) is 14.7 cm³/mol. The monoisotopic (exact) mass is 86.0 g/mol. The normalized spacial score (nSPS) is 18.0. The fraction of sp³-hybridized carbons (Fsp3) is 1.00. The maximum absolute atomic E-state index is 4.42. The standard InChI is InChI=1S/CH2OS.Na.H/c1-2-3-1;;/h1H2;;/q;+1;-1. The van der Waals surface area contributed by atoms with Crippen molar-refractivity contribution in [1.82, 2.24) is 0 Å². The number of hydrogen-bond donors (Lipinski definition) is 0. The molecule has 0 N–H and O–H groups in total. The summed E-state index contributed by atoms with van der Waals surface area (Å²) in [5, 5.41) is 0. The van der Waals surface area contributed by atoms with Gasteiger partial charge in [0.2, 0.25) is 0 Å². The zero-order valence-corrected chi connectivity index (χ0v) is 5.34. The Hall–Kier alpha value is 1.31. The Morgan fingerprint density at radius 3 is 2.25 bits per heavy atom. The van der Waals surface area contributed by atoms with Gasteiger partial charge in [-0.15, -0.1) is 0 Å². The minimum atomic E-state index is 0. The smallest absolute Gasteiger partial charge is 1.00 e. The third-order valence-corrected chi connectivity index (χ3v) is 0.354. The summed E-state index contributed by atoms with van der Waals surface area (Å²) in [5.41, 5.74) is 0. The Labute approximate surface area is 53.1 Å². The molecule has 0 amide bonds. The predicted octanol–water partition coefficient (Wildman–Crippen LogP) is -2.26. The van der Waals surface area contributed by atoms with Crippen LogP contribution in [0.1, 0.15) is 1.43 Å². The molecule has 0 aromatic heterocycles. The average Bonchev–Trinajstić information content (AvgIpc) is 1.46. The van der Waals surface area contributed by atoms with Crippen LogP contribution < -0.4 is 29.6 Å². The average molecular weight is 86.1 g/mol. The molecule has 1 saturated heterocycles. The second-order valence-corrected chi connectivity index (χ2v) is 1.06. The molecule has 0 saturated carbocycles. The van der Waals surface area contributed by atoms with Gasteiger partial charge in [0.25, 0.3) is 0 Å². The second-order valence-electron chi connectivity index (χ2n) is 0.354. The Morgan fingerprint density at radius 1 is 2.00 bits per heavy atom. The van der Waals surface area contributed by atoms with E-state index in [-0.39, 0.29) is 31.0 Å². The van der Waals surface area contributed by atoms with Crippen molar-refractivity contribution >= 4 is 12.0 Å². The quantitative estimate of drug-likeness (QED) is 0.187. The fourth-order valence-electron chi connectivity index (χ4n) is 0. The van der Waals surface area contributed by atoms with Crippen LogP contribution in [0.25, 0.3) is 0 Å². The number of rotatable bonds is 0. The van der Waals surface area contributed by atoms with E-state index < -0.39 is 0 Å². The van der Waals surface area contributed by atoms with E-state index in [1.165, 1.54) is 12.0 Å². The van der Waals surface area contributed by atoms with Gasteiger partial charge in [0.1, 0.15) is 5.94 Å². The van der Waals surface area contributed by atoms with Crippen molar-refractivity contribution in [3.8, 4) is 0 Å². The minimum Gasteiger partial charge on any atom is -1.00 e. The molecule has 0 aliphatic carbocycles. The van der Waals surface area contributed by atoms with E-state index >= 15 is 0 Å². The van der Waals surface area contributed by atoms with Crippen LogP contribution in [0.4, 0.5) is 0 Å². The van der Waals surface area contributed by atoms with Crippen molar-refractivity contribution < 1.29 is 35.2 Å². The molecule has 0 atom stereocenters. The van der Waals surface area contributed by atoms with Crippen LogP contribution in [0.5, 0.6) is 0 Å². The molecule has 0 aromatic rings. The molecule has 1 rings (SSSR count). The van der Waals surface area contributed by atoms with Crippen LogP contribution in [0.2, 0.25) is 0 Å². The van der Waals surface area contributed by atoms with Gasteiger partial charge in [0.15, 0.2) is 0 Å². The van der Waals surface area contributed by atoms with Gasteiger partial charge in [-0.05, 0) is 0 Å². The van der Waals surface area contributed by atoms with Crippen molar-refractivity contribution in [2.75, 3.05) is 5.94 Å². The largest absolute Gasteiger partial charge is 1.00 e. The SMILES string of the molecule is C1OS1.[H-].[Na+]. The third-order valence-electron chi connectivity index (χ3n) is 0.118. The molecule has 1 heterocycles. The van der Waals surface area contributed by atoms with E-state index in [0.29, 0.717) is 0 Å². The first-order valence-corrected chi connectivity index (χ1v) is 1.65. The summed E-state index contributed by atoms with van der Waals surface area (Å²) in [6, 6.07) is 0.